The molecule has 0 spiro atoms. The molecule has 1 aliphatic rings. The van der Waals surface area contributed by atoms with Gasteiger partial charge in [-0.1, -0.05) is 6.07 Å². The molecule has 4 nitrogen and oxygen atoms in total. The van der Waals surface area contributed by atoms with Gasteiger partial charge in [0.15, 0.2) is 11.5 Å². The maximum absolute atomic E-state index is 11.2. The fourth-order valence-corrected chi connectivity index (χ4v) is 3.25. The first-order valence-corrected chi connectivity index (χ1v) is 8.72. The SMILES string of the molecule is CC(CCc1ccc2c(c1)OCO2)NC(C)CS(C)=O. The van der Waals surface area contributed by atoms with Crippen LogP contribution < -0.4 is 14.8 Å². The molecule has 1 N–H and O–H groups in total. The number of benzene rings is 1. The Kier molecular flexibility index (Phi) is 5.43. The molecule has 0 fully saturated rings. The number of rotatable bonds is 7. The zero-order valence-electron chi connectivity index (χ0n) is 12.3. The topological polar surface area (TPSA) is 47.6 Å². The van der Waals surface area contributed by atoms with Crippen molar-refractivity contribution < 1.29 is 13.7 Å². The van der Waals surface area contributed by atoms with E-state index in [0.29, 0.717) is 18.6 Å². The summed E-state index contributed by atoms with van der Waals surface area (Å²) in [6.07, 6.45) is 3.78. The molecule has 0 amide bonds. The highest BCUT2D eigenvalue weighted by molar-refractivity contribution is 7.84. The maximum atomic E-state index is 11.2. The highest BCUT2D eigenvalue weighted by Crippen LogP contribution is 2.32. The number of hydrogen-bond donors (Lipinski definition) is 1. The Morgan fingerprint density at radius 3 is 2.75 bits per heavy atom. The van der Waals surface area contributed by atoms with Crippen molar-refractivity contribution in [3.63, 3.8) is 0 Å². The largest absolute Gasteiger partial charge is 0.454 e. The van der Waals surface area contributed by atoms with Gasteiger partial charge in [0, 0.05) is 34.9 Å². The molecule has 20 heavy (non-hydrogen) atoms. The molecule has 0 radical (unpaired) electrons. The molecule has 0 saturated heterocycles. The second-order valence-corrected chi connectivity index (χ2v) is 6.91. The molecule has 0 saturated carbocycles. The summed E-state index contributed by atoms with van der Waals surface area (Å²) in [4.78, 5) is 0. The third-order valence-electron chi connectivity index (χ3n) is 3.36. The van der Waals surface area contributed by atoms with E-state index >= 15 is 0 Å². The Labute approximate surface area is 123 Å². The lowest BCUT2D eigenvalue weighted by molar-refractivity contribution is 0.174. The minimum atomic E-state index is -0.745. The molecule has 2 rings (SSSR count). The van der Waals surface area contributed by atoms with Gasteiger partial charge in [-0.05, 0) is 44.4 Å². The number of nitrogens with one attached hydrogen (secondary N) is 1. The third-order valence-corrected chi connectivity index (χ3v) is 4.33. The molecule has 1 aromatic rings. The number of hydrogen-bond acceptors (Lipinski definition) is 4. The summed E-state index contributed by atoms with van der Waals surface area (Å²) in [5.74, 6) is 2.38. The first kappa shape index (κ1) is 15.3. The van der Waals surface area contributed by atoms with Crippen molar-refractivity contribution in [2.24, 2.45) is 0 Å². The summed E-state index contributed by atoms with van der Waals surface area (Å²) in [5, 5.41) is 3.48. The van der Waals surface area contributed by atoms with Gasteiger partial charge in [-0.2, -0.15) is 0 Å². The van der Waals surface area contributed by atoms with Gasteiger partial charge in [-0.15, -0.1) is 0 Å². The monoisotopic (exact) mass is 297 g/mol. The minimum absolute atomic E-state index is 0.285. The van der Waals surface area contributed by atoms with Gasteiger partial charge in [0.1, 0.15) is 0 Å². The van der Waals surface area contributed by atoms with Crippen molar-refractivity contribution in [2.45, 2.75) is 38.8 Å². The average Bonchev–Trinajstić information content (AvgIpc) is 2.82. The Morgan fingerprint density at radius 1 is 1.25 bits per heavy atom. The molecule has 1 aromatic carbocycles. The summed E-state index contributed by atoms with van der Waals surface area (Å²) in [5.41, 5.74) is 1.26. The van der Waals surface area contributed by atoms with E-state index in [4.69, 9.17) is 9.47 Å². The summed E-state index contributed by atoms with van der Waals surface area (Å²) in [6.45, 7) is 4.57. The van der Waals surface area contributed by atoms with E-state index in [2.05, 4.69) is 31.3 Å². The molecule has 0 aliphatic carbocycles. The van der Waals surface area contributed by atoms with Gasteiger partial charge >= 0.3 is 0 Å². The highest BCUT2D eigenvalue weighted by atomic mass is 32.2. The van der Waals surface area contributed by atoms with Gasteiger partial charge in [0.2, 0.25) is 6.79 Å². The zero-order chi connectivity index (χ0) is 14.5. The maximum Gasteiger partial charge on any atom is 0.231 e. The lowest BCUT2D eigenvalue weighted by Gasteiger charge is -2.19. The van der Waals surface area contributed by atoms with E-state index < -0.39 is 10.8 Å². The standard InChI is InChI=1S/C15H23NO3S/c1-11(16-12(2)9-20(3)17)4-5-13-6-7-14-15(8-13)19-10-18-14/h6-8,11-12,16H,4-5,9-10H2,1-3H3. The van der Waals surface area contributed by atoms with Crippen LogP contribution in [0.2, 0.25) is 0 Å². The van der Waals surface area contributed by atoms with Crippen LogP contribution in [-0.4, -0.2) is 35.1 Å². The summed E-state index contributed by atoms with van der Waals surface area (Å²) >= 11 is 0. The molecule has 5 heteroatoms. The van der Waals surface area contributed by atoms with Crippen LogP contribution in [0.3, 0.4) is 0 Å². The van der Waals surface area contributed by atoms with Crippen LogP contribution in [0.5, 0.6) is 11.5 Å². The molecule has 0 aromatic heterocycles. The van der Waals surface area contributed by atoms with E-state index in [1.54, 1.807) is 6.26 Å². The normalized spacial score (nSPS) is 17.8. The summed E-state index contributed by atoms with van der Waals surface area (Å²) < 4.78 is 21.9. The predicted octanol–water partition coefficient (Wildman–Crippen LogP) is 2.09. The molecule has 112 valence electrons. The summed E-state index contributed by atoms with van der Waals surface area (Å²) in [7, 11) is -0.745. The number of fused-ring (bicyclic) bond motifs is 1. The van der Waals surface area contributed by atoms with Crippen LogP contribution in [0.4, 0.5) is 0 Å². The lowest BCUT2D eigenvalue weighted by atomic mass is 10.1. The first-order valence-electron chi connectivity index (χ1n) is 6.99. The Hall–Kier alpha value is -1.07. The van der Waals surface area contributed by atoms with Gasteiger partial charge in [-0.3, -0.25) is 4.21 Å². The van der Waals surface area contributed by atoms with E-state index in [1.807, 2.05) is 6.07 Å². The van der Waals surface area contributed by atoms with Crippen LogP contribution in [0.25, 0.3) is 0 Å². The van der Waals surface area contributed by atoms with E-state index in [0.717, 1.165) is 24.3 Å². The first-order chi connectivity index (χ1) is 9.54. The predicted molar refractivity (Wildman–Crippen MR) is 81.9 cm³/mol. The second-order valence-electron chi connectivity index (χ2n) is 5.43. The van der Waals surface area contributed by atoms with Gasteiger partial charge in [-0.25, -0.2) is 0 Å². The zero-order valence-corrected chi connectivity index (χ0v) is 13.2. The van der Waals surface area contributed by atoms with Crippen LogP contribution in [0.15, 0.2) is 18.2 Å². The molecular weight excluding hydrogens is 274 g/mol. The Balaban J connectivity index is 1.78. The molecule has 1 aliphatic heterocycles. The van der Waals surface area contributed by atoms with Crippen molar-refractivity contribution in [1.29, 1.82) is 0 Å². The van der Waals surface area contributed by atoms with Crippen LogP contribution >= 0.6 is 0 Å². The fourth-order valence-electron chi connectivity index (χ4n) is 2.45. The number of ether oxygens (including phenoxy) is 2. The molecule has 1 heterocycles. The molecule has 3 atom stereocenters. The average molecular weight is 297 g/mol. The van der Waals surface area contributed by atoms with Crippen molar-refractivity contribution in [1.82, 2.24) is 5.32 Å². The lowest BCUT2D eigenvalue weighted by Crippen LogP contribution is -2.38. The number of aryl methyl sites for hydroxylation is 1. The molecule has 0 bridgehead atoms. The smallest absolute Gasteiger partial charge is 0.231 e. The van der Waals surface area contributed by atoms with Gasteiger partial charge in [0.25, 0.3) is 0 Å². The molecular formula is C15H23NO3S. The van der Waals surface area contributed by atoms with Crippen LogP contribution in [0, 0.1) is 0 Å². The highest BCUT2D eigenvalue weighted by Gasteiger charge is 2.14. The quantitative estimate of drug-likeness (QED) is 0.837. The van der Waals surface area contributed by atoms with Crippen LogP contribution in [0.1, 0.15) is 25.8 Å². The van der Waals surface area contributed by atoms with Crippen molar-refractivity contribution in [3.05, 3.63) is 23.8 Å². The van der Waals surface area contributed by atoms with Crippen molar-refractivity contribution in [3.8, 4) is 11.5 Å². The van der Waals surface area contributed by atoms with Crippen molar-refractivity contribution >= 4 is 10.8 Å². The van der Waals surface area contributed by atoms with Crippen LogP contribution in [-0.2, 0) is 17.2 Å². The minimum Gasteiger partial charge on any atom is -0.454 e. The fraction of sp³-hybridized carbons (Fsp3) is 0.600. The second kappa shape index (κ2) is 7.09. The molecule has 3 unspecified atom stereocenters. The Morgan fingerprint density at radius 2 is 2.00 bits per heavy atom. The van der Waals surface area contributed by atoms with E-state index in [1.165, 1.54) is 5.56 Å². The van der Waals surface area contributed by atoms with Gasteiger partial charge in [0.05, 0.1) is 0 Å². The van der Waals surface area contributed by atoms with Gasteiger partial charge < -0.3 is 14.8 Å². The Bertz CT molecular complexity index is 478. The van der Waals surface area contributed by atoms with E-state index in [9.17, 15) is 4.21 Å². The van der Waals surface area contributed by atoms with E-state index in [-0.39, 0.29) is 6.04 Å². The summed E-state index contributed by atoms with van der Waals surface area (Å²) in [6, 6.07) is 6.80. The third kappa shape index (κ3) is 4.49. The van der Waals surface area contributed by atoms with Crippen molar-refractivity contribution in [2.75, 3.05) is 18.8 Å².